The van der Waals surface area contributed by atoms with Crippen LogP contribution in [0.4, 0.5) is 0 Å². The summed E-state index contributed by atoms with van der Waals surface area (Å²) >= 11 is 0. The van der Waals surface area contributed by atoms with Crippen molar-refractivity contribution in [3.05, 3.63) is 0 Å². The van der Waals surface area contributed by atoms with Gasteiger partial charge in [-0.1, -0.05) is 26.7 Å². The third kappa shape index (κ3) is 4.52. The summed E-state index contributed by atoms with van der Waals surface area (Å²) in [5, 5.41) is 0. The summed E-state index contributed by atoms with van der Waals surface area (Å²) < 4.78 is 6.68. The Bertz CT molecular complexity index is 164. The molecule has 1 fully saturated rings. The van der Waals surface area contributed by atoms with Crippen LogP contribution in [-0.4, -0.2) is 44.4 Å². The van der Waals surface area contributed by atoms with Crippen LogP contribution in [0.5, 0.6) is 0 Å². The molecule has 2 heteroatoms. The van der Waals surface area contributed by atoms with Gasteiger partial charge in [-0.2, -0.15) is 0 Å². The maximum Gasteiger partial charge on any atom is 0.102 e. The second kappa shape index (κ2) is 6.49. The Morgan fingerprint density at radius 3 is 2.40 bits per heavy atom. The molecule has 1 rings (SSSR count). The largest absolute Gasteiger partial charge is 0.370 e. The molecule has 2 nitrogen and oxygen atoms in total. The van der Waals surface area contributed by atoms with E-state index in [-0.39, 0.29) is 0 Å². The molecule has 0 radical (unpaired) electrons. The minimum absolute atomic E-state index is 0.924. The maximum atomic E-state index is 5.45. The molecule has 0 aromatic heterocycles. The molecular formula is C13H28NO+. The van der Waals surface area contributed by atoms with E-state index in [1.807, 2.05) is 0 Å². The molecule has 0 aliphatic carbocycles. The standard InChI is InChI=1S/C13H28NO/c1-4-6-7-13(5-2)12-14(3)8-10-15-11-9-14/h13H,4-12H2,1-3H3/q+1/t13-/m0/s1. The van der Waals surface area contributed by atoms with Crippen molar-refractivity contribution in [2.75, 3.05) is 39.9 Å². The SMILES string of the molecule is CCCC[C@H](CC)C[N+]1(C)CCOCC1. The number of rotatable bonds is 6. The van der Waals surface area contributed by atoms with Crippen LogP contribution < -0.4 is 0 Å². The Balaban J connectivity index is 2.34. The van der Waals surface area contributed by atoms with Crippen molar-refractivity contribution in [3.8, 4) is 0 Å². The third-order valence-electron chi connectivity index (χ3n) is 3.79. The molecule has 0 unspecified atom stereocenters. The molecular weight excluding hydrogens is 186 g/mol. The number of unbranched alkanes of at least 4 members (excludes halogenated alkanes) is 1. The lowest BCUT2D eigenvalue weighted by Gasteiger charge is -2.40. The van der Waals surface area contributed by atoms with Crippen molar-refractivity contribution < 1.29 is 9.22 Å². The molecule has 0 aromatic carbocycles. The van der Waals surface area contributed by atoms with E-state index in [4.69, 9.17) is 4.74 Å². The van der Waals surface area contributed by atoms with E-state index in [1.54, 1.807) is 0 Å². The zero-order valence-electron chi connectivity index (χ0n) is 10.8. The average molecular weight is 214 g/mol. The fourth-order valence-corrected chi connectivity index (χ4v) is 2.51. The molecule has 0 saturated carbocycles. The van der Waals surface area contributed by atoms with Gasteiger partial charge in [-0.25, -0.2) is 0 Å². The van der Waals surface area contributed by atoms with E-state index in [0.29, 0.717) is 0 Å². The fourth-order valence-electron chi connectivity index (χ4n) is 2.51. The topological polar surface area (TPSA) is 9.23 Å². The van der Waals surface area contributed by atoms with Gasteiger partial charge in [-0.3, -0.25) is 0 Å². The first-order valence-electron chi connectivity index (χ1n) is 6.61. The second-order valence-corrected chi connectivity index (χ2v) is 5.28. The molecule has 1 saturated heterocycles. The van der Waals surface area contributed by atoms with E-state index >= 15 is 0 Å². The highest BCUT2D eigenvalue weighted by Gasteiger charge is 2.27. The van der Waals surface area contributed by atoms with Gasteiger partial charge in [0.2, 0.25) is 0 Å². The summed E-state index contributed by atoms with van der Waals surface area (Å²) in [4.78, 5) is 0. The average Bonchev–Trinajstić information content (AvgIpc) is 2.25. The van der Waals surface area contributed by atoms with Crippen LogP contribution in [-0.2, 0) is 4.74 Å². The molecule has 1 heterocycles. The highest BCUT2D eigenvalue weighted by molar-refractivity contribution is 4.58. The Hall–Kier alpha value is -0.0800. The third-order valence-corrected chi connectivity index (χ3v) is 3.79. The fraction of sp³-hybridized carbons (Fsp3) is 1.00. The van der Waals surface area contributed by atoms with Gasteiger partial charge < -0.3 is 9.22 Å². The number of ether oxygens (including phenoxy) is 1. The molecule has 90 valence electrons. The van der Waals surface area contributed by atoms with Crippen LogP contribution in [0.2, 0.25) is 0 Å². The highest BCUT2D eigenvalue weighted by Crippen LogP contribution is 2.19. The van der Waals surface area contributed by atoms with Crippen LogP contribution in [0.25, 0.3) is 0 Å². The monoisotopic (exact) mass is 214 g/mol. The van der Waals surface area contributed by atoms with Gasteiger partial charge in [0.15, 0.2) is 0 Å². The first-order valence-corrected chi connectivity index (χ1v) is 6.61. The van der Waals surface area contributed by atoms with Gasteiger partial charge in [-0.05, 0) is 12.8 Å². The summed E-state index contributed by atoms with van der Waals surface area (Å²) in [6.45, 7) is 10.3. The Morgan fingerprint density at radius 1 is 1.20 bits per heavy atom. The lowest BCUT2D eigenvalue weighted by atomic mass is 9.97. The molecule has 1 atom stereocenters. The number of likely N-dealkylation sites (N-methyl/N-ethyl adjacent to an activating group) is 1. The van der Waals surface area contributed by atoms with Crippen molar-refractivity contribution in [2.45, 2.75) is 39.5 Å². The number of morpholine rings is 1. The van der Waals surface area contributed by atoms with Crippen LogP contribution in [0.3, 0.4) is 0 Å². The van der Waals surface area contributed by atoms with Crippen molar-refractivity contribution in [2.24, 2.45) is 5.92 Å². The predicted octanol–water partition coefficient (Wildman–Crippen LogP) is 2.68. The smallest absolute Gasteiger partial charge is 0.102 e. The van der Waals surface area contributed by atoms with E-state index in [1.165, 1.54) is 49.8 Å². The van der Waals surface area contributed by atoms with Gasteiger partial charge in [0.05, 0.1) is 26.8 Å². The maximum absolute atomic E-state index is 5.45. The first-order chi connectivity index (χ1) is 7.20. The van der Waals surface area contributed by atoms with Crippen LogP contribution >= 0.6 is 0 Å². The van der Waals surface area contributed by atoms with Crippen molar-refractivity contribution >= 4 is 0 Å². The minimum atomic E-state index is 0.924. The van der Waals surface area contributed by atoms with Crippen molar-refractivity contribution in [1.29, 1.82) is 0 Å². The van der Waals surface area contributed by atoms with E-state index in [0.717, 1.165) is 19.1 Å². The lowest BCUT2D eigenvalue weighted by molar-refractivity contribution is -0.920. The van der Waals surface area contributed by atoms with Crippen LogP contribution in [0, 0.1) is 5.92 Å². The van der Waals surface area contributed by atoms with Gasteiger partial charge in [-0.15, -0.1) is 0 Å². The zero-order chi connectivity index (χ0) is 11.1. The van der Waals surface area contributed by atoms with Crippen LogP contribution in [0.15, 0.2) is 0 Å². The summed E-state index contributed by atoms with van der Waals surface area (Å²) in [5.41, 5.74) is 0. The van der Waals surface area contributed by atoms with E-state index in [9.17, 15) is 0 Å². The van der Waals surface area contributed by atoms with E-state index in [2.05, 4.69) is 20.9 Å². The number of nitrogens with zero attached hydrogens (tertiary/aromatic N) is 1. The summed E-state index contributed by atoms with van der Waals surface area (Å²) in [5.74, 6) is 0.924. The van der Waals surface area contributed by atoms with Crippen molar-refractivity contribution in [1.82, 2.24) is 0 Å². The molecule has 0 amide bonds. The van der Waals surface area contributed by atoms with Gasteiger partial charge in [0.1, 0.15) is 13.1 Å². The lowest BCUT2D eigenvalue weighted by Crippen LogP contribution is -2.54. The Morgan fingerprint density at radius 2 is 1.87 bits per heavy atom. The molecule has 0 bridgehead atoms. The molecule has 15 heavy (non-hydrogen) atoms. The molecule has 0 spiro atoms. The quantitative estimate of drug-likeness (QED) is 0.618. The summed E-state index contributed by atoms with van der Waals surface area (Å²) in [6, 6.07) is 0. The predicted molar refractivity (Wildman–Crippen MR) is 64.9 cm³/mol. The Kier molecular flexibility index (Phi) is 5.62. The molecule has 0 aromatic rings. The molecule has 1 aliphatic heterocycles. The number of hydrogen-bond donors (Lipinski definition) is 0. The van der Waals surface area contributed by atoms with Gasteiger partial charge in [0.25, 0.3) is 0 Å². The molecule has 1 aliphatic rings. The van der Waals surface area contributed by atoms with Gasteiger partial charge in [0, 0.05) is 5.92 Å². The Labute approximate surface area is 95.2 Å². The second-order valence-electron chi connectivity index (χ2n) is 5.28. The molecule has 0 N–H and O–H groups in total. The number of hydrogen-bond acceptors (Lipinski definition) is 1. The van der Waals surface area contributed by atoms with Crippen LogP contribution in [0.1, 0.15) is 39.5 Å². The highest BCUT2D eigenvalue weighted by atomic mass is 16.5. The first kappa shape index (κ1) is 13.0. The normalized spacial score (nSPS) is 22.6. The zero-order valence-corrected chi connectivity index (χ0v) is 10.8. The summed E-state index contributed by atoms with van der Waals surface area (Å²) in [7, 11) is 2.40. The summed E-state index contributed by atoms with van der Waals surface area (Å²) in [6.07, 6.45) is 5.49. The number of quaternary nitrogens is 1. The van der Waals surface area contributed by atoms with Crippen molar-refractivity contribution in [3.63, 3.8) is 0 Å². The minimum Gasteiger partial charge on any atom is -0.370 e. The van der Waals surface area contributed by atoms with Gasteiger partial charge >= 0.3 is 0 Å². The van der Waals surface area contributed by atoms with E-state index < -0.39 is 0 Å².